The summed E-state index contributed by atoms with van der Waals surface area (Å²) in [5.74, 6) is -2.22. The van der Waals surface area contributed by atoms with Crippen molar-refractivity contribution in [3.63, 3.8) is 0 Å². The zero-order valence-electron chi connectivity index (χ0n) is 15.2. The molecule has 0 aromatic carbocycles. The molecule has 2 unspecified atom stereocenters. The number of nitrogens with zero attached hydrogens (tertiary/aromatic N) is 1. The predicted molar refractivity (Wildman–Crippen MR) is 90.9 cm³/mol. The second kappa shape index (κ2) is 8.00. The van der Waals surface area contributed by atoms with Crippen LogP contribution in [-0.2, 0) is 31.8 Å². The Morgan fingerprint density at radius 2 is 1.82 bits per heavy atom. The van der Waals surface area contributed by atoms with Gasteiger partial charge in [0.2, 0.25) is 0 Å². The summed E-state index contributed by atoms with van der Waals surface area (Å²) in [6.45, 7) is 1.52. The van der Waals surface area contributed by atoms with Gasteiger partial charge in [-0.25, -0.2) is 4.98 Å². The minimum atomic E-state index is -4.69. The lowest BCUT2D eigenvalue weighted by Gasteiger charge is -2.21. The van der Waals surface area contributed by atoms with E-state index >= 15 is 0 Å². The van der Waals surface area contributed by atoms with Crippen molar-refractivity contribution >= 4 is 17.3 Å². The molecule has 2 aliphatic carbocycles. The normalized spacial score (nSPS) is 22.1. The molecule has 0 saturated heterocycles. The first-order valence-corrected chi connectivity index (χ1v) is 8.98. The fraction of sp³-hybridized carbons (Fsp3) is 0.526. The molecule has 1 aromatic heterocycles. The summed E-state index contributed by atoms with van der Waals surface area (Å²) in [6.07, 6.45) is -3.08. The average Bonchev–Trinajstić information content (AvgIpc) is 3.10. The second-order valence-electron chi connectivity index (χ2n) is 6.81. The molecule has 0 radical (unpaired) electrons. The smallest absolute Gasteiger partial charge is 0.433 e. The maximum absolute atomic E-state index is 13.0. The summed E-state index contributed by atoms with van der Waals surface area (Å²) in [6, 6.07) is 1.71. The van der Waals surface area contributed by atoms with Crippen LogP contribution in [-0.4, -0.2) is 35.1 Å². The average molecular weight is 399 g/mol. The van der Waals surface area contributed by atoms with E-state index in [9.17, 15) is 27.9 Å². The van der Waals surface area contributed by atoms with Crippen molar-refractivity contribution in [3.05, 3.63) is 34.7 Å². The molecular weight excluding hydrogens is 379 g/mol. The maximum Gasteiger partial charge on any atom is 0.433 e. The van der Waals surface area contributed by atoms with Gasteiger partial charge in [0.05, 0.1) is 12.3 Å². The Morgan fingerprint density at radius 1 is 1.18 bits per heavy atom. The number of carbonyl (C=O) groups excluding carboxylic acids is 2. The van der Waals surface area contributed by atoms with Crippen LogP contribution in [0.3, 0.4) is 0 Å². The van der Waals surface area contributed by atoms with Crippen molar-refractivity contribution < 1.29 is 37.3 Å². The maximum atomic E-state index is 13.0. The lowest BCUT2D eigenvalue weighted by molar-refractivity contribution is -0.141. The van der Waals surface area contributed by atoms with E-state index in [1.807, 2.05) is 0 Å². The number of alkyl halides is 3. The first-order valence-electron chi connectivity index (χ1n) is 8.98. The summed E-state index contributed by atoms with van der Waals surface area (Å²) >= 11 is 0. The number of hydrogen-bond acceptors (Lipinski definition) is 6. The molecule has 1 N–H and O–H groups in total. The van der Waals surface area contributed by atoms with Gasteiger partial charge in [-0.05, 0) is 38.3 Å². The molecule has 2 atom stereocenters. The summed E-state index contributed by atoms with van der Waals surface area (Å²) in [4.78, 5) is 28.6. The molecule has 1 heterocycles. The first-order chi connectivity index (χ1) is 13.2. The Labute approximate surface area is 159 Å². The van der Waals surface area contributed by atoms with Crippen LogP contribution in [0.4, 0.5) is 13.2 Å². The fourth-order valence-electron chi connectivity index (χ4n) is 3.62. The van der Waals surface area contributed by atoms with Gasteiger partial charge in [0.25, 0.3) is 0 Å². The SMILES string of the molecule is CCOCOCc1nc(C(F)(F)F)ccc1C(O)=C1C(=O)C2CCC(C2)C1=O. The molecule has 3 rings (SSSR count). The van der Waals surface area contributed by atoms with Crippen LogP contribution in [0.1, 0.15) is 43.1 Å². The molecule has 152 valence electrons. The Morgan fingerprint density at radius 3 is 2.39 bits per heavy atom. The molecule has 6 nitrogen and oxygen atoms in total. The van der Waals surface area contributed by atoms with E-state index in [4.69, 9.17) is 9.47 Å². The number of aliphatic hydroxyl groups excluding tert-OH is 1. The van der Waals surface area contributed by atoms with Crippen molar-refractivity contribution in [1.29, 1.82) is 0 Å². The number of aliphatic hydroxyl groups is 1. The molecular formula is C19H20F3NO5. The van der Waals surface area contributed by atoms with Crippen LogP contribution >= 0.6 is 0 Å². The Bertz CT molecular complexity index is 794. The number of hydrogen-bond donors (Lipinski definition) is 1. The number of aromatic nitrogens is 1. The molecule has 28 heavy (non-hydrogen) atoms. The van der Waals surface area contributed by atoms with Gasteiger partial charge in [-0.1, -0.05) is 0 Å². The fourth-order valence-corrected chi connectivity index (χ4v) is 3.62. The number of pyridine rings is 1. The van der Waals surface area contributed by atoms with Gasteiger partial charge in [0, 0.05) is 24.0 Å². The molecule has 2 bridgehead atoms. The second-order valence-corrected chi connectivity index (χ2v) is 6.81. The number of fused-ring (bicyclic) bond motifs is 2. The van der Waals surface area contributed by atoms with Gasteiger partial charge in [-0.3, -0.25) is 9.59 Å². The highest BCUT2D eigenvalue weighted by molar-refractivity contribution is 6.27. The van der Waals surface area contributed by atoms with Crippen molar-refractivity contribution in [2.45, 2.75) is 39.0 Å². The minimum Gasteiger partial charge on any atom is -0.506 e. The number of allylic oxidation sites excluding steroid dienone is 1. The summed E-state index contributed by atoms with van der Waals surface area (Å²) in [5.41, 5.74) is -1.85. The number of rotatable bonds is 6. The van der Waals surface area contributed by atoms with Gasteiger partial charge in [-0.15, -0.1) is 0 Å². The first kappa shape index (κ1) is 20.5. The van der Waals surface area contributed by atoms with Gasteiger partial charge in [0.15, 0.2) is 11.6 Å². The van der Waals surface area contributed by atoms with Crippen LogP contribution in [0.2, 0.25) is 0 Å². The highest BCUT2D eigenvalue weighted by atomic mass is 19.4. The van der Waals surface area contributed by atoms with Crippen LogP contribution in [0.25, 0.3) is 5.76 Å². The summed E-state index contributed by atoms with van der Waals surface area (Å²) in [5, 5.41) is 10.7. The van der Waals surface area contributed by atoms with E-state index in [0.717, 1.165) is 6.07 Å². The van der Waals surface area contributed by atoms with E-state index < -0.39 is 29.2 Å². The highest BCUT2D eigenvalue weighted by Gasteiger charge is 2.45. The topological polar surface area (TPSA) is 85.7 Å². The standard InChI is InChI=1S/C19H20F3NO5/c1-2-27-9-28-8-13-12(5-6-14(23-13)19(20,21)22)18(26)15-16(24)10-3-4-11(7-10)17(15)25/h5-6,10-11,26H,2-4,7-9H2,1H3. The Hall–Kier alpha value is -2.26. The molecule has 2 fully saturated rings. The highest BCUT2D eigenvalue weighted by Crippen LogP contribution is 2.42. The van der Waals surface area contributed by atoms with Crippen LogP contribution in [0.5, 0.6) is 0 Å². The van der Waals surface area contributed by atoms with Gasteiger partial charge >= 0.3 is 6.18 Å². The lowest BCUT2D eigenvalue weighted by Crippen LogP contribution is -2.30. The number of ether oxygens (including phenoxy) is 2. The molecule has 0 aliphatic heterocycles. The third-order valence-corrected chi connectivity index (χ3v) is 5.03. The van der Waals surface area contributed by atoms with E-state index in [0.29, 0.717) is 31.9 Å². The molecule has 9 heteroatoms. The van der Waals surface area contributed by atoms with E-state index in [2.05, 4.69) is 4.98 Å². The lowest BCUT2D eigenvalue weighted by atomic mass is 9.81. The van der Waals surface area contributed by atoms with Crippen LogP contribution in [0.15, 0.2) is 17.7 Å². The van der Waals surface area contributed by atoms with Crippen molar-refractivity contribution in [1.82, 2.24) is 4.98 Å². The van der Waals surface area contributed by atoms with Crippen molar-refractivity contribution in [2.24, 2.45) is 11.8 Å². The zero-order valence-corrected chi connectivity index (χ0v) is 15.2. The van der Waals surface area contributed by atoms with Crippen LogP contribution < -0.4 is 0 Å². The quantitative estimate of drug-likeness (QED) is 0.259. The molecule has 2 aliphatic rings. The van der Waals surface area contributed by atoms with E-state index in [1.165, 1.54) is 0 Å². The van der Waals surface area contributed by atoms with Crippen molar-refractivity contribution in [2.75, 3.05) is 13.4 Å². The number of halogens is 3. The largest absolute Gasteiger partial charge is 0.506 e. The van der Waals surface area contributed by atoms with Crippen molar-refractivity contribution in [3.8, 4) is 0 Å². The molecule has 1 aromatic rings. The zero-order chi connectivity index (χ0) is 20.5. The molecule has 0 spiro atoms. The number of Topliss-reactive ketones (excluding diaryl/α,β-unsaturated/α-hetero) is 2. The minimum absolute atomic E-state index is 0.123. The number of ketones is 2. The van der Waals surface area contributed by atoms with Gasteiger partial charge < -0.3 is 14.6 Å². The monoisotopic (exact) mass is 399 g/mol. The predicted octanol–water partition coefficient (Wildman–Crippen LogP) is 3.45. The Balaban J connectivity index is 2.01. The third kappa shape index (κ3) is 3.95. The molecule has 0 amide bonds. The van der Waals surface area contributed by atoms with Gasteiger partial charge in [0.1, 0.15) is 23.8 Å². The van der Waals surface area contributed by atoms with Crippen LogP contribution in [0, 0.1) is 11.8 Å². The summed E-state index contributed by atoms with van der Waals surface area (Å²) < 4.78 is 49.2. The Kier molecular flexibility index (Phi) is 5.85. The third-order valence-electron chi connectivity index (χ3n) is 5.03. The number of carbonyl (C=O) groups is 2. The van der Waals surface area contributed by atoms with Gasteiger partial charge in [-0.2, -0.15) is 13.2 Å². The molecule has 2 saturated carbocycles. The van der Waals surface area contributed by atoms with E-state index in [1.54, 1.807) is 6.92 Å². The summed E-state index contributed by atoms with van der Waals surface area (Å²) in [7, 11) is 0. The van der Waals surface area contributed by atoms with E-state index in [-0.39, 0.29) is 42.1 Å².